The van der Waals surface area contributed by atoms with Crippen molar-refractivity contribution in [3.8, 4) is 17.6 Å². The van der Waals surface area contributed by atoms with Crippen molar-refractivity contribution < 1.29 is 24.2 Å². The largest absolute Gasteiger partial charge is 0.490 e. The van der Waals surface area contributed by atoms with Gasteiger partial charge in [-0.05, 0) is 56.5 Å². The molecule has 0 bridgehead atoms. The maximum absolute atomic E-state index is 13.2. The molecule has 0 aliphatic rings. The maximum atomic E-state index is 13.2. The van der Waals surface area contributed by atoms with Crippen molar-refractivity contribution in [2.24, 2.45) is 0 Å². The van der Waals surface area contributed by atoms with E-state index in [1.165, 1.54) is 7.11 Å². The van der Waals surface area contributed by atoms with Crippen LogP contribution in [-0.4, -0.2) is 47.8 Å². The summed E-state index contributed by atoms with van der Waals surface area (Å²) in [4.78, 5) is 27.7. The molecule has 7 nitrogen and oxygen atoms in total. The number of carbonyl (C=O) groups excluding carboxylic acids is 2. The van der Waals surface area contributed by atoms with E-state index in [9.17, 15) is 14.7 Å². The fraction of sp³-hybridized carbons (Fsp3) is 0.357. The third-order valence-corrected chi connectivity index (χ3v) is 5.43. The Morgan fingerprint density at radius 3 is 2.71 bits per heavy atom. The van der Waals surface area contributed by atoms with Crippen LogP contribution in [0.4, 0.5) is 0 Å². The van der Waals surface area contributed by atoms with Gasteiger partial charge in [-0.25, -0.2) is 0 Å². The second kappa shape index (κ2) is 12.6. The first-order valence-electron chi connectivity index (χ1n) is 11.7. The second-order valence-electron chi connectivity index (χ2n) is 8.53. The number of hydrogen-bond acceptors (Lipinski definition) is 5. The summed E-state index contributed by atoms with van der Waals surface area (Å²) in [6.45, 7) is 3.58. The number of H-pyrrole nitrogens is 1. The van der Waals surface area contributed by atoms with Crippen LogP contribution in [0.3, 0.4) is 0 Å². The number of aromatic amines is 1. The summed E-state index contributed by atoms with van der Waals surface area (Å²) >= 11 is 0. The highest BCUT2D eigenvalue weighted by Gasteiger charge is 2.19. The van der Waals surface area contributed by atoms with Crippen LogP contribution in [0.1, 0.15) is 54.6 Å². The van der Waals surface area contributed by atoms with E-state index < -0.39 is 6.04 Å². The average Bonchev–Trinajstić information content (AvgIpc) is 3.26. The predicted octanol–water partition coefficient (Wildman–Crippen LogP) is 3.98. The molecule has 3 rings (SSSR count). The third kappa shape index (κ3) is 7.36. The number of aliphatic hydroxyl groups excluding tert-OH is 1. The standard InChI is InChI=1S/C28H32N2O5/c1-19(2)35-26-14-13-20(9-5-4-6-12-27(32)34-3)15-24(26)28(33)30-22(18-31)16-21-17-29-25-11-8-7-10-23(21)25/h7-8,10-11,13-15,17,19,22,29,31H,4,6,12,16,18H2,1-3H3,(H,30,33). The second-order valence-corrected chi connectivity index (χ2v) is 8.53. The molecule has 0 aliphatic heterocycles. The number of benzene rings is 2. The Hall–Kier alpha value is -3.76. The summed E-state index contributed by atoms with van der Waals surface area (Å²) in [6.07, 6.45) is 3.73. The Morgan fingerprint density at radius 2 is 1.97 bits per heavy atom. The molecule has 1 atom stereocenters. The number of ether oxygens (including phenoxy) is 2. The number of esters is 1. The minimum absolute atomic E-state index is 0.114. The van der Waals surface area contributed by atoms with E-state index in [2.05, 4.69) is 26.9 Å². The highest BCUT2D eigenvalue weighted by atomic mass is 16.5. The Bertz CT molecular complexity index is 1220. The van der Waals surface area contributed by atoms with Gasteiger partial charge in [0, 0.05) is 35.5 Å². The molecule has 1 heterocycles. The van der Waals surface area contributed by atoms with Crippen LogP contribution in [0.25, 0.3) is 10.9 Å². The molecular formula is C28H32N2O5. The summed E-state index contributed by atoms with van der Waals surface area (Å²) in [5.74, 6) is 5.94. The lowest BCUT2D eigenvalue weighted by atomic mass is 10.0. The first-order chi connectivity index (χ1) is 16.9. The first-order valence-corrected chi connectivity index (χ1v) is 11.7. The SMILES string of the molecule is COC(=O)CCCC#Cc1ccc(OC(C)C)c(C(=O)NC(CO)Cc2c[nH]c3ccccc23)c1. The van der Waals surface area contributed by atoms with E-state index in [1.807, 2.05) is 44.3 Å². The third-order valence-electron chi connectivity index (χ3n) is 5.43. The van der Waals surface area contributed by atoms with Gasteiger partial charge in [0.2, 0.25) is 0 Å². The minimum Gasteiger partial charge on any atom is -0.490 e. The van der Waals surface area contributed by atoms with Crippen molar-refractivity contribution >= 4 is 22.8 Å². The zero-order chi connectivity index (χ0) is 25.2. The van der Waals surface area contributed by atoms with E-state index in [0.29, 0.717) is 42.6 Å². The van der Waals surface area contributed by atoms with Gasteiger partial charge in [-0.15, -0.1) is 0 Å². The zero-order valence-electron chi connectivity index (χ0n) is 20.4. The Balaban J connectivity index is 1.75. The zero-order valence-corrected chi connectivity index (χ0v) is 20.4. The van der Waals surface area contributed by atoms with Gasteiger partial charge in [0.05, 0.1) is 31.4 Å². The molecule has 0 fully saturated rings. The molecule has 7 heteroatoms. The first kappa shape index (κ1) is 25.9. The summed E-state index contributed by atoms with van der Waals surface area (Å²) in [7, 11) is 1.36. The van der Waals surface area contributed by atoms with Gasteiger partial charge in [0.1, 0.15) is 5.75 Å². The highest BCUT2D eigenvalue weighted by Crippen LogP contribution is 2.23. The normalized spacial score (nSPS) is 11.6. The molecule has 1 unspecified atom stereocenters. The van der Waals surface area contributed by atoms with Gasteiger partial charge >= 0.3 is 5.97 Å². The van der Waals surface area contributed by atoms with Crippen LogP contribution < -0.4 is 10.1 Å². The number of hydrogen-bond donors (Lipinski definition) is 3. The quantitative estimate of drug-likeness (QED) is 0.233. The number of amides is 1. The molecule has 35 heavy (non-hydrogen) atoms. The number of unbranched alkanes of at least 4 members (excludes halogenated alkanes) is 1. The number of nitrogens with one attached hydrogen (secondary N) is 2. The molecule has 3 N–H and O–H groups in total. The molecule has 1 amide bonds. The molecule has 1 aromatic heterocycles. The lowest BCUT2D eigenvalue weighted by molar-refractivity contribution is -0.140. The molecular weight excluding hydrogens is 444 g/mol. The summed E-state index contributed by atoms with van der Waals surface area (Å²) < 4.78 is 10.5. The van der Waals surface area contributed by atoms with Crippen molar-refractivity contribution in [3.63, 3.8) is 0 Å². The van der Waals surface area contributed by atoms with Crippen LogP contribution in [0, 0.1) is 11.8 Å². The molecule has 3 aromatic rings. The van der Waals surface area contributed by atoms with E-state index in [1.54, 1.807) is 18.2 Å². The lowest BCUT2D eigenvalue weighted by Crippen LogP contribution is -2.39. The van der Waals surface area contributed by atoms with Crippen LogP contribution >= 0.6 is 0 Å². The van der Waals surface area contributed by atoms with Gasteiger partial charge < -0.3 is 24.9 Å². The number of aliphatic hydroxyl groups is 1. The van der Waals surface area contributed by atoms with Crippen LogP contribution in [-0.2, 0) is 16.0 Å². The number of methoxy groups -OCH3 is 1. The molecule has 0 saturated heterocycles. The summed E-state index contributed by atoms with van der Waals surface area (Å²) in [5.41, 5.74) is 3.06. The molecule has 0 saturated carbocycles. The number of fused-ring (bicyclic) bond motifs is 1. The molecule has 0 aliphatic carbocycles. The van der Waals surface area contributed by atoms with Crippen molar-refractivity contribution in [1.82, 2.24) is 10.3 Å². The van der Waals surface area contributed by atoms with E-state index in [-0.39, 0.29) is 24.6 Å². The predicted molar refractivity (Wildman–Crippen MR) is 135 cm³/mol. The summed E-state index contributed by atoms with van der Waals surface area (Å²) in [6, 6.07) is 12.7. The average molecular weight is 477 g/mol. The van der Waals surface area contributed by atoms with Gasteiger partial charge in [-0.1, -0.05) is 30.0 Å². The molecule has 0 spiro atoms. The van der Waals surface area contributed by atoms with Gasteiger partial charge in [-0.2, -0.15) is 0 Å². The number of para-hydroxylation sites is 1. The Morgan fingerprint density at radius 1 is 1.17 bits per heavy atom. The van der Waals surface area contributed by atoms with Crippen LogP contribution in [0.15, 0.2) is 48.7 Å². The lowest BCUT2D eigenvalue weighted by Gasteiger charge is -2.19. The van der Waals surface area contributed by atoms with E-state index >= 15 is 0 Å². The van der Waals surface area contributed by atoms with E-state index in [4.69, 9.17) is 4.74 Å². The van der Waals surface area contributed by atoms with Gasteiger partial charge in [-0.3, -0.25) is 9.59 Å². The topological polar surface area (TPSA) is 101 Å². The monoisotopic (exact) mass is 476 g/mol. The number of rotatable bonds is 10. The highest BCUT2D eigenvalue weighted by molar-refractivity contribution is 5.97. The minimum atomic E-state index is -0.471. The van der Waals surface area contributed by atoms with Gasteiger partial charge in [0.15, 0.2) is 0 Å². The van der Waals surface area contributed by atoms with Crippen molar-refractivity contribution in [2.75, 3.05) is 13.7 Å². The Kier molecular flexibility index (Phi) is 9.33. The Labute approximate surface area is 205 Å². The fourth-order valence-electron chi connectivity index (χ4n) is 3.72. The smallest absolute Gasteiger partial charge is 0.305 e. The van der Waals surface area contributed by atoms with Crippen LogP contribution in [0.5, 0.6) is 5.75 Å². The van der Waals surface area contributed by atoms with Crippen molar-refractivity contribution in [3.05, 3.63) is 65.4 Å². The number of aromatic nitrogens is 1. The van der Waals surface area contributed by atoms with E-state index in [0.717, 1.165) is 16.5 Å². The van der Waals surface area contributed by atoms with Gasteiger partial charge in [0.25, 0.3) is 5.91 Å². The maximum Gasteiger partial charge on any atom is 0.305 e. The number of carbonyl (C=O) groups is 2. The summed E-state index contributed by atoms with van der Waals surface area (Å²) in [5, 5.41) is 14.0. The molecule has 184 valence electrons. The van der Waals surface area contributed by atoms with Crippen LogP contribution in [0.2, 0.25) is 0 Å². The molecule has 2 aromatic carbocycles. The molecule has 0 radical (unpaired) electrons. The van der Waals surface area contributed by atoms with Crippen molar-refractivity contribution in [2.45, 2.75) is 51.7 Å². The fourth-order valence-corrected chi connectivity index (χ4v) is 3.72. The van der Waals surface area contributed by atoms with Crippen molar-refractivity contribution in [1.29, 1.82) is 0 Å².